The highest BCUT2D eigenvalue weighted by Crippen LogP contribution is 2.31. The van der Waals surface area contributed by atoms with E-state index in [1.54, 1.807) is 0 Å². The van der Waals surface area contributed by atoms with Crippen molar-refractivity contribution in [2.24, 2.45) is 0 Å². The van der Waals surface area contributed by atoms with E-state index in [0.717, 1.165) is 18.7 Å². The van der Waals surface area contributed by atoms with E-state index in [9.17, 15) is 0 Å². The van der Waals surface area contributed by atoms with Gasteiger partial charge in [0.05, 0.1) is 5.69 Å². The Morgan fingerprint density at radius 2 is 2.31 bits per heavy atom. The molecule has 0 aliphatic carbocycles. The second kappa shape index (κ2) is 3.49. The minimum atomic E-state index is 0.632. The van der Waals surface area contributed by atoms with E-state index in [4.69, 9.17) is 5.73 Å². The second-order valence-electron chi connectivity index (χ2n) is 4.09. The average Bonchev–Trinajstić information content (AvgIpc) is 2.86. The fraction of sp³-hybridized carbons (Fsp3) is 0.250. The van der Waals surface area contributed by atoms with Crippen LogP contribution in [0.2, 0.25) is 0 Å². The van der Waals surface area contributed by atoms with Crippen molar-refractivity contribution >= 4 is 22.2 Å². The number of hydrogen-bond donors (Lipinski definition) is 1. The standard InChI is InChI=1S/C12H13N3S/c1-15-5-4-9-6-8(2-3-11(9)15)10-7-16-12(13)14-10/h2-3,6-7H,4-5H2,1H3,(H2,13,14). The van der Waals surface area contributed by atoms with Crippen LogP contribution in [-0.2, 0) is 6.42 Å². The van der Waals surface area contributed by atoms with E-state index >= 15 is 0 Å². The quantitative estimate of drug-likeness (QED) is 0.819. The maximum Gasteiger partial charge on any atom is 0.180 e. The maximum atomic E-state index is 5.65. The molecule has 0 radical (unpaired) electrons. The molecule has 1 aromatic heterocycles. The van der Waals surface area contributed by atoms with Crippen molar-refractivity contribution < 1.29 is 0 Å². The fourth-order valence-corrected chi connectivity index (χ4v) is 2.72. The van der Waals surface area contributed by atoms with Crippen molar-refractivity contribution in [1.82, 2.24) is 4.98 Å². The van der Waals surface area contributed by atoms with Gasteiger partial charge in [0.2, 0.25) is 0 Å². The Bertz CT molecular complexity index is 533. The fourth-order valence-electron chi connectivity index (χ4n) is 2.15. The number of anilines is 2. The molecule has 1 aromatic carbocycles. The van der Waals surface area contributed by atoms with Crippen LogP contribution < -0.4 is 10.6 Å². The maximum absolute atomic E-state index is 5.65. The molecular weight excluding hydrogens is 218 g/mol. The molecule has 4 heteroatoms. The van der Waals surface area contributed by atoms with E-state index in [2.05, 4.69) is 35.1 Å². The van der Waals surface area contributed by atoms with Crippen molar-refractivity contribution in [1.29, 1.82) is 0 Å². The van der Waals surface area contributed by atoms with E-state index in [1.165, 1.54) is 28.2 Å². The van der Waals surface area contributed by atoms with Gasteiger partial charge in [-0.05, 0) is 24.1 Å². The summed E-state index contributed by atoms with van der Waals surface area (Å²) < 4.78 is 0. The van der Waals surface area contributed by atoms with Crippen LogP contribution in [0.3, 0.4) is 0 Å². The van der Waals surface area contributed by atoms with E-state index < -0.39 is 0 Å². The minimum Gasteiger partial charge on any atom is -0.375 e. The molecule has 3 rings (SSSR count). The zero-order valence-corrected chi connectivity index (χ0v) is 9.92. The Morgan fingerprint density at radius 3 is 3.06 bits per heavy atom. The van der Waals surface area contributed by atoms with Crippen LogP contribution in [0.25, 0.3) is 11.3 Å². The predicted molar refractivity (Wildman–Crippen MR) is 68.9 cm³/mol. The lowest BCUT2D eigenvalue weighted by Crippen LogP contribution is -2.12. The number of fused-ring (bicyclic) bond motifs is 1. The summed E-state index contributed by atoms with van der Waals surface area (Å²) >= 11 is 1.49. The molecule has 0 unspecified atom stereocenters. The van der Waals surface area contributed by atoms with Crippen LogP contribution >= 0.6 is 11.3 Å². The first kappa shape index (κ1) is 9.66. The highest BCUT2D eigenvalue weighted by atomic mass is 32.1. The Labute approximate surface area is 98.5 Å². The number of nitrogen functional groups attached to an aromatic ring is 1. The molecule has 0 saturated carbocycles. The van der Waals surface area contributed by atoms with Gasteiger partial charge in [0.15, 0.2) is 5.13 Å². The summed E-state index contributed by atoms with van der Waals surface area (Å²) in [5.41, 5.74) is 10.6. The Kier molecular flexibility index (Phi) is 2.11. The number of nitrogens with two attached hydrogens (primary N) is 1. The van der Waals surface area contributed by atoms with Gasteiger partial charge in [-0.3, -0.25) is 0 Å². The number of likely N-dealkylation sites (N-methyl/N-ethyl adjacent to an activating group) is 1. The summed E-state index contributed by atoms with van der Waals surface area (Å²) in [5, 5.41) is 2.64. The van der Waals surface area contributed by atoms with Crippen LogP contribution in [0.15, 0.2) is 23.6 Å². The molecule has 0 fully saturated rings. The van der Waals surface area contributed by atoms with E-state index in [0.29, 0.717) is 5.13 Å². The molecule has 16 heavy (non-hydrogen) atoms. The number of hydrogen-bond acceptors (Lipinski definition) is 4. The lowest BCUT2D eigenvalue weighted by atomic mass is 10.1. The summed E-state index contributed by atoms with van der Waals surface area (Å²) in [6, 6.07) is 6.52. The molecule has 0 spiro atoms. The van der Waals surface area contributed by atoms with Crippen molar-refractivity contribution in [3.63, 3.8) is 0 Å². The van der Waals surface area contributed by atoms with Crippen molar-refractivity contribution in [2.75, 3.05) is 24.2 Å². The van der Waals surface area contributed by atoms with Crippen LogP contribution in [0.5, 0.6) is 0 Å². The Balaban J connectivity index is 2.05. The molecule has 2 aromatic rings. The average molecular weight is 231 g/mol. The van der Waals surface area contributed by atoms with Crippen LogP contribution in [-0.4, -0.2) is 18.6 Å². The molecule has 82 valence electrons. The van der Waals surface area contributed by atoms with Gasteiger partial charge in [-0.25, -0.2) is 4.98 Å². The van der Waals surface area contributed by atoms with Crippen molar-refractivity contribution in [2.45, 2.75) is 6.42 Å². The second-order valence-corrected chi connectivity index (χ2v) is 4.98. The van der Waals surface area contributed by atoms with Crippen LogP contribution in [0.1, 0.15) is 5.56 Å². The summed E-state index contributed by atoms with van der Waals surface area (Å²) in [6.07, 6.45) is 1.12. The smallest absolute Gasteiger partial charge is 0.180 e. The lowest BCUT2D eigenvalue weighted by Gasteiger charge is -2.11. The van der Waals surface area contributed by atoms with Gasteiger partial charge in [0, 0.05) is 30.2 Å². The van der Waals surface area contributed by atoms with E-state index in [1.807, 2.05) is 5.38 Å². The summed E-state index contributed by atoms with van der Waals surface area (Å²) in [6.45, 7) is 1.11. The first-order valence-corrected chi connectivity index (χ1v) is 6.17. The van der Waals surface area contributed by atoms with Crippen LogP contribution in [0.4, 0.5) is 10.8 Å². The van der Waals surface area contributed by atoms with Gasteiger partial charge in [0.25, 0.3) is 0 Å². The van der Waals surface area contributed by atoms with Gasteiger partial charge >= 0.3 is 0 Å². The molecule has 1 aliphatic rings. The topological polar surface area (TPSA) is 42.1 Å². The first-order chi connectivity index (χ1) is 7.74. The molecule has 0 saturated heterocycles. The number of benzene rings is 1. The third-order valence-corrected chi connectivity index (χ3v) is 3.70. The number of nitrogens with zero attached hydrogens (tertiary/aromatic N) is 2. The van der Waals surface area contributed by atoms with Crippen molar-refractivity contribution in [3.05, 3.63) is 29.1 Å². The van der Waals surface area contributed by atoms with Gasteiger partial charge in [0.1, 0.15) is 0 Å². The molecule has 2 N–H and O–H groups in total. The summed E-state index contributed by atoms with van der Waals surface area (Å²) in [4.78, 5) is 6.59. The number of rotatable bonds is 1. The molecular formula is C12H13N3S. The predicted octanol–water partition coefficient (Wildman–Crippen LogP) is 2.38. The molecule has 0 atom stereocenters. The first-order valence-electron chi connectivity index (χ1n) is 5.29. The zero-order chi connectivity index (χ0) is 11.1. The molecule has 2 heterocycles. The van der Waals surface area contributed by atoms with Crippen molar-refractivity contribution in [3.8, 4) is 11.3 Å². The largest absolute Gasteiger partial charge is 0.375 e. The minimum absolute atomic E-state index is 0.632. The Hall–Kier alpha value is -1.55. The highest BCUT2D eigenvalue weighted by Gasteiger charge is 2.16. The molecule has 0 bridgehead atoms. The molecule has 0 amide bonds. The van der Waals surface area contributed by atoms with Gasteiger partial charge in [-0.2, -0.15) is 0 Å². The number of aromatic nitrogens is 1. The lowest BCUT2D eigenvalue weighted by molar-refractivity contribution is 0.956. The van der Waals surface area contributed by atoms with E-state index in [-0.39, 0.29) is 0 Å². The highest BCUT2D eigenvalue weighted by molar-refractivity contribution is 7.13. The third kappa shape index (κ3) is 1.46. The monoisotopic (exact) mass is 231 g/mol. The van der Waals surface area contributed by atoms with Crippen LogP contribution in [0, 0.1) is 0 Å². The third-order valence-electron chi connectivity index (χ3n) is 3.03. The van der Waals surface area contributed by atoms with Gasteiger partial charge < -0.3 is 10.6 Å². The zero-order valence-electron chi connectivity index (χ0n) is 9.10. The number of thiazole rings is 1. The normalized spacial score (nSPS) is 14.2. The molecule has 3 nitrogen and oxygen atoms in total. The summed E-state index contributed by atoms with van der Waals surface area (Å²) in [7, 11) is 2.13. The molecule has 1 aliphatic heterocycles. The Morgan fingerprint density at radius 1 is 1.44 bits per heavy atom. The summed E-state index contributed by atoms with van der Waals surface area (Å²) in [5.74, 6) is 0. The SMILES string of the molecule is CN1CCc2cc(-c3csc(N)n3)ccc21. The van der Waals surface area contributed by atoms with Gasteiger partial charge in [-0.15, -0.1) is 11.3 Å². The van der Waals surface area contributed by atoms with Gasteiger partial charge in [-0.1, -0.05) is 6.07 Å².